The van der Waals surface area contributed by atoms with Crippen molar-refractivity contribution in [2.24, 2.45) is 0 Å². The molecule has 1 aromatic carbocycles. The third-order valence-electron chi connectivity index (χ3n) is 3.60. The smallest absolute Gasteiger partial charge is 0.0814 e. The number of benzene rings is 1. The molecule has 1 N–H and O–H groups in total. The maximum absolute atomic E-state index is 6.09. The fourth-order valence-electron chi connectivity index (χ4n) is 2.35. The lowest BCUT2D eigenvalue weighted by atomic mass is 10.0. The molecular formula is C16H22ClN3. The zero-order valence-corrected chi connectivity index (χ0v) is 13.1. The number of hydrogen-bond donors (Lipinski definition) is 1. The third kappa shape index (κ3) is 3.41. The molecule has 0 aliphatic heterocycles. The Morgan fingerprint density at radius 2 is 2.05 bits per heavy atom. The van der Waals surface area contributed by atoms with Gasteiger partial charge >= 0.3 is 0 Å². The maximum Gasteiger partial charge on any atom is 0.0814 e. The maximum atomic E-state index is 6.09. The minimum absolute atomic E-state index is 0.255. The van der Waals surface area contributed by atoms with Gasteiger partial charge in [-0.15, -0.1) is 0 Å². The van der Waals surface area contributed by atoms with Gasteiger partial charge in [0.25, 0.3) is 0 Å². The van der Waals surface area contributed by atoms with E-state index >= 15 is 0 Å². The van der Waals surface area contributed by atoms with Gasteiger partial charge in [-0.1, -0.05) is 42.8 Å². The lowest BCUT2D eigenvalue weighted by Crippen LogP contribution is -2.27. The molecule has 0 fully saturated rings. The summed E-state index contributed by atoms with van der Waals surface area (Å²) < 4.78 is 1.97. The first-order chi connectivity index (χ1) is 9.63. The summed E-state index contributed by atoms with van der Waals surface area (Å²) in [5.74, 6) is 0. The van der Waals surface area contributed by atoms with Crippen molar-refractivity contribution >= 4 is 11.6 Å². The Morgan fingerprint density at radius 3 is 2.65 bits per heavy atom. The number of hydrogen-bond acceptors (Lipinski definition) is 2. The van der Waals surface area contributed by atoms with E-state index in [1.807, 2.05) is 11.6 Å². The zero-order chi connectivity index (χ0) is 14.5. The molecule has 1 aromatic heterocycles. The van der Waals surface area contributed by atoms with Gasteiger partial charge in [0, 0.05) is 0 Å². The first kappa shape index (κ1) is 15.1. The number of aromatic nitrogens is 2. The fourth-order valence-corrected chi connectivity index (χ4v) is 2.49. The van der Waals surface area contributed by atoms with Gasteiger partial charge < -0.3 is 5.32 Å². The van der Waals surface area contributed by atoms with Crippen LogP contribution in [-0.4, -0.2) is 16.3 Å². The molecule has 0 aliphatic carbocycles. The van der Waals surface area contributed by atoms with Gasteiger partial charge in [0.1, 0.15) is 0 Å². The van der Waals surface area contributed by atoms with E-state index < -0.39 is 0 Å². The monoisotopic (exact) mass is 291 g/mol. The van der Waals surface area contributed by atoms with Crippen molar-refractivity contribution in [2.75, 3.05) is 6.54 Å². The topological polar surface area (TPSA) is 29.9 Å². The molecule has 0 spiro atoms. The van der Waals surface area contributed by atoms with Crippen LogP contribution < -0.4 is 5.32 Å². The summed E-state index contributed by atoms with van der Waals surface area (Å²) in [4.78, 5) is 0. The molecule has 2 rings (SSSR count). The van der Waals surface area contributed by atoms with Gasteiger partial charge in [-0.2, -0.15) is 5.10 Å². The van der Waals surface area contributed by atoms with Crippen LogP contribution in [0.5, 0.6) is 0 Å². The first-order valence-electron chi connectivity index (χ1n) is 7.10. The molecule has 108 valence electrons. The van der Waals surface area contributed by atoms with Crippen LogP contribution in [0.25, 0.3) is 0 Å². The van der Waals surface area contributed by atoms with E-state index in [0.29, 0.717) is 0 Å². The van der Waals surface area contributed by atoms with Crippen LogP contribution in [0.1, 0.15) is 36.2 Å². The van der Waals surface area contributed by atoms with E-state index in [1.54, 1.807) is 6.20 Å². The number of nitrogens with zero attached hydrogens (tertiary/aromatic N) is 2. The van der Waals surface area contributed by atoms with Crippen LogP contribution in [0.2, 0.25) is 5.02 Å². The Balaban J connectivity index is 2.24. The predicted molar refractivity (Wildman–Crippen MR) is 84.2 cm³/mol. The summed E-state index contributed by atoms with van der Waals surface area (Å²) in [6.45, 7) is 8.12. The number of aryl methyl sites for hydroxylation is 1. The van der Waals surface area contributed by atoms with Crippen molar-refractivity contribution in [3.8, 4) is 0 Å². The summed E-state index contributed by atoms with van der Waals surface area (Å²) in [7, 11) is 0. The lowest BCUT2D eigenvalue weighted by Gasteiger charge is -2.21. The van der Waals surface area contributed by atoms with E-state index in [0.717, 1.165) is 30.2 Å². The van der Waals surface area contributed by atoms with Crippen LogP contribution in [0.3, 0.4) is 0 Å². The average molecular weight is 292 g/mol. The quantitative estimate of drug-likeness (QED) is 0.875. The van der Waals surface area contributed by atoms with E-state index in [-0.39, 0.29) is 6.04 Å². The lowest BCUT2D eigenvalue weighted by molar-refractivity contribution is 0.432. The van der Waals surface area contributed by atoms with Crippen molar-refractivity contribution in [3.63, 3.8) is 0 Å². The number of rotatable bonds is 6. The van der Waals surface area contributed by atoms with Gasteiger partial charge in [-0.05, 0) is 37.9 Å². The zero-order valence-electron chi connectivity index (χ0n) is 12.4. The second kappa shape index (κ2) is 6.91. The van der Waals surface area contributed by atoms with E-state index in [2.05, 4.69) is 48.5 Å². The Morgan fingerprint density at radius 1 is 1.30 bits per heavy atom. The third-order valence-corrected chi connectivity index (χ3v) is 3.97. The highest BCUT2D eigenvalue weighted by Crippen LogP contribution is 2.21. The fraction of sp³-hybridized carbons (Fsp3) is 0.438. The molecule has 0 bridgehead atoms. The number of halogens is 1. The summed E-state index contributed by atoms with van der Waals surface area (Å²) in [6.07, 6.45) is 2.83. The van der Waals surface area contributed by atoms with Crippen LogP contribution >= 0.6 is 11.6 Å². The Hall–Kier alpha value is -1.32. The van der Waals surface area contributed by atoms with Crippen LogP contribution in [0, 0.1) is 13.8 Å². The SMILES string of the molecule is CCCNC(Cn1ncc(Cl)c1C)c1ccccc1C. The number of nitrogens with one attached hydrogen (secondary N) is 1. The first-order valence-corrected chi connectivity index (χ1v) is 7.48. The predicted octanol–water partition coefficient (Wildman–Crippen LogP) is 3.89. The summed E-state index contributed by atoms with van der Waals surface area (Å²) in [6, 6.07) is 8.75. The normalized spacial score (nSPS) is 12.6. The molecule has 0 saturated heterocycles. The molecule has 0 saturated carbocycles. The van der Waals surface area contributed by atoms with Crippen LogP contribution in [0.4, 0.5) is 0 Å². The molecule has 20 heavy (non-hydrogen) atoms. The largest absolute Gasteiger partial charge is 0.308 e. The van der Waals surface area contributed by atoms with Gasteiger partial charge in [0.05, 0.1) is 29.5 Å². The highest BCUT2D eigenvalue weighted by Gasteiger charge is 2.15. The molecule has 1 heterocycles. The summed E-state index contributed by atoms with van der Waals surface area (Å²) >= 11 is 6.09. The second-order valence-electron chi connectivity index (χ2n) is 5.12. The molecule has 0 aliphatic rings. The van der Waals surface area contributed by atoms with E-state index in [9.17, 15) is 0 Å². The highest BCUT2D eigenvalue weighted by molar-refractivity contribution is 6.31. The van der Waals surface area contributed by atoms with Crippen molar-refractivity contribution < 1.29 is 0 Å². The summed E-state index contributed by atoms with van der Waals surface area (Å²) in [5, 5.41) is 8.70. The Bertz CT molecular complexity index is 563. The van der Waals surface area contributed by atoms with Crippen molar-refractivity contribution in [1.82, 2.24) is 15.1 Å². The van der Waals surface area contributed by atoms with Gasteiger partial charge in [-0.3, -0.25) is 4.68 Å². The Labute approximate surface area is 126 Å². The molecule has 1 unspecified atom stereocenters. The van der Waals surface area contributed by atoms with Gasteiger partial charge in [0.2, 0.25) is 0 Å². The van der Waals surface area contributed by atoms with E-state index in [1.165, 1.54) is 11.1 Å². The molecule has 1 atom stereocenters. The van der Waals surface area contributed by atoms with Crippen molar-refractivity contribution in [2.45, 2.75) is 39.8 Å². The minimum Gasteiger partial charge on any atom is -0.308 e. The van der Waals surface area contributed by atoms with E-state index in [4.69, 9.17) is 11.6 Å². The minimum atomic E-state index is 0.255. The van der Waals surface area contributed by atoms with Crippen LogP contribution in [-0.2, 0) is 6.54 Å². The van der Waals surface area contributed by atoms with Crippen LogP contribution in [0.15, 0.2) is 30.5 Å². The standard InChI is InChI=1S/C16H22ClN3/c1-4-9-18-16(14-8-6-5-7-12(14)2)11-20-13(3)15(17)10-19-20/h5-8,10,16,18H,4,9,11H2,1-3H3. The molecule has 2 aromatic rings. The highest BCUT2D eigenvalue weighted by atomic mass is 35.5. The van der Waals surface area contributed by atoms with Crippen molar-refractivity contribution in [1.29, 1.82) is 0 Å². The molecule has 0 radical (unpaired) electrons. The summed E-state index contributed by atoms with van der Waals surface area (Å²) in [5.41, 5.74) is 3.65. The van der Waals surface area contributed by atoms with Gasteiger partial charge in [-0.25, -0.2) is 0 Å². The second-order valence-corrected chi connectivity index (χ2v) is 5.53. The van der Waals surface area contributed by atoms with Crippen molar-refractivity contribution in [3.05, 3.63) is 52.3 Å². The molecule has 0 amide bonds. The molecule has 4 heteroatoms. The van der Waals surface area contributed by atoms with Gasteiger partial charge in [0.15, 0.2) is 0 Å². The molecule has 3 nitrogen and oxygen atoms in total. The average Bonchev–Trinajstić information content (AvgIpc) is 2.76. The molecular weight excluding hydrogens is 270 g/mol. The Kier molecular flexibility index (Phi) is 5.21.